The number of aromatic nitrogens is 2. The van der Waals surface area contributed by atoms with Gasteiger partial charge in [-0.1, -0.05) is 18.2 Å². The van der Waals surface area contributed by atoms with Gasteiger partial charge in [0.25, 0.3) is 0 Å². The third-order valence-electron chi connectivity index (χ3n) is 5.49. The van der Waals surface area contributed by atoms with Crippen molar-refractivity contribution in [3.05, 3.63) is 58.5 Å². The molecule has 27 heavy (non-hydrogen) atoms. The molecule has 1 atom stereocenters. The fourth-order valence-electron chi connectivity index (χ4n) is 4.15. The van der Waals surface area contributed by atoms with E-state index in [1.54, 1.807) is 30.9 Å². The van der Waals surface area contributed by atoms with Crippen molar-refractivity contribution in [1.82, 2.24) is 14.0 Å². The normalized spacial score (nSPS) is 18.1. The van der Waals surface area contributed by atoms with Crippen LogP contribution < -0.4 is 10.4 Å². The van der Waals surface area contributed by atoms with Gasteiger partial charge in [0.2, 0.25) is 0 Å². The SMILES string of the molecule is COc1ccc(CN2CCCC(n3c(=O)n(C)c4c(O)cccc43)C2)cc1. The van der Waals surface area contributed by atoms with Crippen molar-refractivity contribution in [2.24, 2.45) is 7.05 Å². The fraction of sp³-hybridized carbons (Fsp3) is 0.381. The smallest absolute Gasteiger partial charge is 0.329 e. The summed E-state index contributed by atoms with van der Waals surface area (Å²) >= 11 is 0. The second-order valence-corrected chi connectivity index (χ2v) is 7.24. The maximum absolute atomic E-state index is 12.9. The Morgan fingerprint density at radius 3 is 2.70 bits per heavy atom. The molecule has 4 rings (SSSR count). The quantitative estimate of drug-likeness (QED) is 0.770. The predicted molar refractivity (Wildman–Crippen MR) is 105 cm³/mol. The zero-order valence-corrected chi connectivity index (χ0v) is 15.8. The van der Waals surface area contributed by atoms with Crippen LogP contribution in [0.4, 0.5) is 0 Å². The van der Waals surface area contributed by atoms with Crippen LogP contribution in [0.25, 0.3) is 11.0 Å². The summed E-state index contributed by atoms with van der Waals surface area (Å²) in [5.41, 5.74) is 2.58. The Kier molecular flexibility index (Phi) is 4.66. The molecule has 1 aliphatic heterocycles. The second kappa shape index (κ2) is 7.12. The van der Waals surface area contributed by atoms with E-state index in [9.17, 15) is 9.90 Å². The molecule has 2 aromatic carbocycles. The highest BCUT2D eigenvalue weighted by atomic mass is 16.5. The molecule has 1 fully saturated rings. The number of fused-ring (bicyclic) bond motifs is 1. The van der Waals surface area contributed by atoms with Crippen LogP contribution >= 0.6 is 0 Å². The molecular weight excluding hydrogens is 342 g/mol. The zero-order valence-electron chi connectivity index (χ0n) is 15.8. The van der Waals surface area contributed by atoms with Crippen LogP contribution in [0.3, 0.4) is 0 Å². The average Bonchev–Trinajstić information content (AvgIpc) is 2.94. The molecule has 1 saturated heterocycles. The van der Waals surface area contributed by atoms with Crippen molar-refractivity contribution in [3.63, 3.8) is 0 Å². The summed E-state index contributed by atoms with van der Waals surface area (Å²) in [6, 6.07) is 13.6. The summed E-state index contributed by atoms with van der Waals surface area (Å²) in [6.45, 7) is 2.69. The minimum atomic E-state index is -0.0669. The summed E-state index contributed by atoms with van der Waals surface area (Å²) in [6.07, 6.45) is 2.01. The van der Waals surface area contributed by atoms with Crippen LogP contribution in [0.1, 0.15) is 24.4 Å². The van der Waals surface area contributed by atoms with Crippen molar-refractivity contribution < 1.29 is 9.84 Å². The highest BCUT2D eigenvalue weighted by Gasteiger charge is 2.26. The Morgan fingerprint density at radius 2 is 1.96 bits per heavy atom. The summed E-state index contributed by atoms with van der Waals surface area (Å²) in [7, 11) is 3.39. The average molecular weight is 367 g/mol. The number of phenols is 1. The minimum Gasteiger partial charge on any atom is -0.506 e. The lowest BCUT2D eigenvalue weighted by Crippen LogP contribution is -2.39. The number of para-hydroxylation sites is 1. The number of hydrogen-bond donors (Lipinski definition) is 1. The molecule has 3 aromatic rings. The number of imidazole rings is 1. The topological polar surface area (TPSA) is 59.6 Å². The van der Waals surface area contributed by atoms with Crippen LogP contribution in [0.5, 0.6) is 11.5 Å². The molecule has 0 spiro atoms. The van der Waals surface area contributed by atoms with E-state index in [2.05, 4.69) is 17.0 Å². The van der Waals surface area contributed by atoms with E-state index in [0.29, 0.717) is 5.52 Å². The first kappa shape index (κ1) is 17.7. The molecule has 0 radical (unpaired) electrons. The lowest BCUT2D eigenvalue weighted by Gasteiger charge is -2.33. The van der Waals surface area contributed by atoms with Crippen molar-refractivity contribution in [3.8, 4) is 11.5 Å². The molecule has 1 N–H and O–H groups in total. The van der Waals surface area contributed by atoms with Gasteiger partial charge in [0.05, 0.1) is 18.7 Å². The van der Waals surface area contributed by atoms with Gasteiger partial charge in [0.15, 0.2) is 0 Å². The van der Waals surface area contributed by atoms with Gasteiger partial charge in [-0.3, -0.25) is 14.0 Å². The fourth-order valence-corrected chi connectivity index (χ4v) is 4.15. The number of benzene rings is 2. The molecule has 0 bridgehead atoms. The number of phenolic OH excluding ortho intramolecular Hbond substituents is 1. The first-order chi connectivity index (χ1) is 13.1. The molecule has 6 heteroatoms. The molecule has 1 unspecified atom stereocenters. The summed E-state index contributed by atoms with van der Waals surface area (Å²) in [5, 5.41) is 10.2. The first-order valence-corrected chi connectivity index (χ1v) is 9.32. The van der Waals surface area contributed by atoms with Crippen molar-refractivity contribution >= 4 is 11.0 Å². The number of aryl methyl sites for hydroxylation is 1. The van der Waals surface area contributed by atoms with E-state index in [-0.39, 0.29) is 17.5 Å². The van der Waals surface area contributed by atoms with Gasteiger partial charge >= 0.3 is 5.69 Å². The predicted octanol–water partition coefficient (Wildman–Crippen LogP) is 2.89. The molecule has 6 nitrogen and oxygen atoms in total. The molecular formula is C21H25N3O3. The Morgan fingerprint density at radius 1 is 1.19 bits per heavy atom. The number of aromatic hydroxyl groups is 1. The first-order valence-electron chi connectivity index (χ1n) is 9.32. The summed E-state index contributed by atoms with van der Waals surface area (Å²) in [5.74, 6) is 1.01. The van der Waals surface area contributed by atoms with Gasteiger partial charge in [-0.05, 0) is 49.2 Å². The Balaban J connectivity index is 1.60. The van der Waals surface area contributed by atoms with Crippen molar-refractivity contribution in [2.75, 3.05) is 20.2 Å². The van der Waals surface area contributed by atoms with Crippen LogP contribution in [0, 0.1) is 0 Å². The largest absolute Gasteiger partial charge is 0.506 e. The standard InChI is InChI=1S/C21H25N3O3/c1-22-20-18(6-3-7-19(20)25)24(21(22)26)16-5-4-12-23(14-16)13-15-8-10-17(27-2)11-9-15/h3,6-11,16,25H,4-5,12-14H2,1-2H3. The molecule has 1 aliphatic rings. The summed E-state index contributed by atoms with van der Waals surface area (Å²) < 4.78 is 8.63. The molecule has 0 aliphatic carbocycles. The van der Waals surface area contributed by atoms with Gasteiger partial charge in [0, 0.05) is 20.1 Å². The lowest BCUT2D eigenvalue weighted by atomic mass is 10.0. The highest BCUT2D eigenvalue weighted by molar-refractivity contribution is 5.82. The van der Waals surface area contributed by atoms with Crippen LogP contribution in [-0.4, -0.2) is 39.3 Å². The van der Waals surface area contributed by atoms with Crippen LogP contribution in [0.2, 0.25) is 0 Å². The molecule has 1 aromatic heterocycles. The maximum Gasteiger partial charge on any atom is 0.329 e. The molecule has 0 saturated carbocycles. The zero-order chi connectivity index (χ0) is 19.0. The van der Waals surface area contributed by atoms with Gasteiger partial charge in [0.1, 0.15) is 17.0 Å². The second-order valence-electron chi connectivity index (χ2n) is 7.24. The number of piperidine rings is 1. The molecule has 2 heterocycles. The number of likely N-dealkylation sites (tertiary alicyclic amines) is 1. The van der Waals surface area contributed by atoms with Crippen molar-refractivity contribution in [2.45, 2.75) is 25.4 Å². The third-order valence-corrected chi connectivity index (χ3v) is 5.49. The highest BCUT2D eigenvalue weighted by Crippen LogP contribution is 2.29. The van der Waals surface area contributed by atoms with Crippen LogP contribution in [-0.2, 0) is 13.6 Å². The van der Waals surface area contributed by atoms with E-state index in [0.717, 1.165) is 43.7 Å². The van der Waals surface area contributed by atoms with Gasteiger partial charge < -0.3 is 9.84 Å². The number of rotatable bonds is 4. The third kappa shape index (κ3) is 3.21. The van der Waals surface area contributed by atoms with Gasteiger partial charge in [-0.15, -0.1) is 0 Å². The molecule has 142 valence electrons. The Bertz CT molecular complexity index is 1000. The van der Waals surface area contributed by atoms with E-state index < -0.39 is 0 Å². The van der Waals surface area contributed by atoms with E-state index >= 15 is 0 Å². The molecule has 0 amide bonds. The van der Waals surface area contributed by atoms with E-state index in [1.807, 2.05) is 22.8 Å². The summed E-state index contributed by atoms with van der Waals surface area (Å²) in [4.78, 5) is 15.3. The Hall–Kier alpha value is -2.73. The van der Waals surface area contributed by atoms with Crippen LogP contribution in [0.15, 0.2) is 47.3 Å². The maximum atomic E-state index is 12.9. The van der Waals surface area contributed by atoms with Gasteiger partial charge in [-0.25, -0.2) is 4.79 Å². The lowest BCUT2D eigenvalue weighted by molar-refractivity contribution is 0.170. The Labute approximate surface area is 158 Å². The van der Waals surface area contributed by atoms with E-state index in [4.69, 9.17) is 4.74 Å². The number of methoxy groups -OCH3 is 1. The monoisotopic (exact) mass is 367 g/mol. The number of ether oxygens (including phenoxy) is 1. The van der Waals surface area contributed by atoms with E-state index in [1.165, 1.54) is 5.56 Å². The number of hydrogen-bond acceptors (Lipinski definition) is 4. The van der Waals surface area contributed by atoms with Gasteiger partial charge in [-0.2, -0.15) is 0 Å². The minimum absolute atomic E-state index is 0.0669. The van der Waals surface area contributed by atoms with Crippen molar-refractivity contribution in [1.29, 1.82) is 0 Å². The number of nitrogens with zero attached hydrogens (tertiary/aromatic N) is 3.